The summed E-state index contributed by atoms with van der Waals surface area (Å²) in [6, 6.07) is 11.0. The minimum atomic E-state index is -0.949. The van der Waals surface area contributed by atoms with Crippen LogP contribution in [0.4, 0.5) is 0 Å². The molecule has 1 unspecified atom stereocenters. The molecule has 1 atom stereocenters. The maximum absolute atomic E-state index is 11.1. The van der Waals surface area contributed by atoms with Crippen LogP contribution < -0.4 is 5.73 Å². The van der Waals surface area contributed by atoms with Gasteiger partial charge < -0.3 is 15.4 Å². The second-order valence-electron chi connectivity index (χ2n) is 4.75. The van der Waals surface area contributed by atoms with Crippen LogP contribution in [0.5, 0.6) is 0 Å². The van der Waals surface area contributed by atoms with Crippen LogP contribution in [0.15, 0.2) is 47.1 Å². The first kappa shape index (κ1) is 13.8. The van der Waals surface area contributed by atoms with Crippen molar-refractivity contribution in [2.45, 2.75) is 19.0 Å². The van der Waals surface area contributed by atoms with Gasteiger partial charge in [0, 0.05) is 17.2 Å². The van der Waals surface area contributed by atoms with Crippen LogP contribution in [-0.4, -0.2) is 15.6 Å². The molecule has 4 nitrogen and oxygen atoms in total. The number of nitrogens with zero attached hydrogens (tertiary/aromatic N) is 1. The zero-order chi connectivity index (χ0) is 14.0. The molecule has 0 amide bonds. The number of halogens is 1. The average molecular weight is 323 g/mol. The Kier molecular flexibility index (Phi) is 3.78. The Labute approximate surface area is 120 Å². The standard InChI is InChI=1S/C14H15BrN2O2/c1-14(16,10-4-2-5-11(15)8-10)9-17-7-3-6-12(17)13(18)19/h2-8H,9,16H2,1H3,(H,18,19). The molecule has 3 N–H and O–H groups in total. The van der Waals surface area contributed by atoms with Gasteiger partial charge in [-0.05, 0) is 36.8 Å². The Morgan fingerprint density at radius 2 is 2.16 bits per heavy atom. The zero-order valence-electron chi connectivity index (χ0n) is 10.5. The largest absolute Gasteiger partial charge is 0.477 e. The Bertz CT molecular complexity index is 605. The number of carboxylic acid groups (broad SMARTS) is 1. The molecule has 0 aliphatic rings. The van der Waals surface area contributed by atoms with Crippen molar-refractivity contribution in [2.75, 3.05) is 0 Å². The molecule has 1 aromatic carbocycles. The number of rotatable bonds is 4. The lowest BCUT2D eigenvalue weighted by Gasteiger charge is -2.26. The van der Waals surface area contributed by atoms with Crippen molar-refractivity contribution in [3.63, 3.8) is 0 Å². The number of hydrogen-bond acceptors (Lipinski definition) is 2. The van der Waals surface area contributed by atoms with E-state index >= 15 is 0 Å². The average Bonchev–Trinajstić information content (AvgIpc) is 2.76. The van der Waals surface area contributed by atoms with Gasteiger partial charge in [-0.2, -0.15) is 0 Å². The quantitative estimate of drug-likeness (QED) is 0.909. The van der Waals surface area contributed by atoms with Crippen LogP contribution in [0.3, 0.4) is 0 Å². The number of hydrogen-bond donors (Lipinski definition) is 2. The molecule has 19 heavy (non-hydrogen) atoms. The van der Waals surface area contributed by atoms with E-state index in [1.807, 2.05) is 31.2 Å². The van der Waals surface area contributed by atoms with Crippen LogP contribution in [-0.2, 0) is 12.1 Å². The topological polar surface area (TPSA) is 68.2 Å². The van der Waals surface area contributed by atoms with E-state index in [0.717, 1.165) is 10.0 Å². The molecule has 5 heteroatoms. The zero-order valence-corrected chi connectivity index (χ0v) is 12.1. The van der Waals surface area contributed by atoms with Crippen molar-refractivity contribution in [3.8, 4) is 0 Å². The van der Waals surface area contributed by atoms with E-state index in [4.69, 9.17) is 10.8 Å². The van der Waals surface area contributed by atoms with Crippen LogP contribution in [0.1, 0.15) is 23.0 Å². The fourth-order valence-electron chi connectivity index (χ4n) is 2.03. The van der Waals surface area contributed by atoms with Gasteiger partial charge in [0.15, 0.2) is 0 Å². The molecule has 0 aliphatic carbocycles. The molecule has 0 radical (unpaired) electrons. The van der Waals surface area contributed by atoms with E-state index < -0.39 is 11.5 Å². The number of aromatic nitrogens is 1. The van der Waals surface area contributed by atoms with Gasteiger partial charge in [-0.1, -0.05) is 28.1 Å². The van der Waals surface area contributed by atoms with Crippen LogP contribution in [0.2, 0.25) is 0 Å². The summed E-state index contributed by atoms with van der Waals surface area (Å²) in [5, 5.41) is 9.10. The summed E-state index contributed by atoms with van der Waals surface area (Å²) >= 11 is 3.41. The predicted octanol–water partition coefficient (Wildman–Crippen LogP) is 2.82. The van der Waals surface area contributed by atoms with E-state index in [1.54, 1.807) is 22.9 Å². The van der Waals surface area contributed by atoms with Gasteiger partial charge in [-0.3, -0.25) is 0 Å². The lowest BCUT2D eigenvalue weighted by molar-refractivity contribution is 0.0683. The highest BCUT2D eigenvalue weighted by Gasteiger charge is 2.23. The van der Waals surface area contributed by atoms with Gasteiger partial charge in [0.05, 0.1) is 5.54 Å². The number of carboxylic acids is 1. The van der Waals surface area contributed by atoms with E-state index in [2.05, 4.69) is 15.9 Å². The summed E-state index contributed by atoms with van der Waals surface area (Å²) in [5.41, 5.74) is 6.88. The van der Waals surface area contributed by atoms with Gasteiger partial charge in [0.2, 0.25) is 0 Å². The summed E-state index contributed by atoms with van der Waals surface area (Å²) in [7, 11) is 0. The predicted molar refractivity (Wildman–Crippen MR) is 77.1 cm³/mol. The Morgan fingerprint density at radius 1 is 1.42 bits per heavy atom. The monoisotopic (exact) mass is 322 g/mol. The van der Waals surface area contributed by atoms with Crippen molar-refractivity contribution < 1.29 is 9.90 Å². The minimum absolute atomic E-state index is 0.242. The Hall–Kier alpha value is -1.59. The highest BCUT2D eigenvalue weighted by atomic mass is 79.9. The lowest BCUT2D eigenvalue weighted by atomic mass is 9.93. The maximum Gasteiger partial charge on any atom is 0.352 e. The first-order valence-corrected chi connectivity index (χ1v) is 6.63. The number of carbonyl (C=O) groups is 1. The molecule has 0 aliphatic heterocycles. The number of aromatic carboxylic acids is 1. The molecular weight excluding hydrogens is 308 g/mol. The fraction of sp³-hybridized carbons (Fsp3) is 0.214. The summed E-state index contributed by atoms with van der Waals surface area (Å²) in [5.74, 6) is -0.949. The Balaban J connectivity index is 2.31. The molecular formula is C14H15BrN2O2. The normalized spacial score (nSPS) is 14.1. The van der Waals surface area contributed by atoms with Crippen molar-refractivity contribution in [3.05, 3.63) is 58.3 Å². The summed E-state index contributed by atoms with van der Waals surface area (Å²) in [6.45, 7) is 2.29. The smallest absolute Gasteiger partial charge is 0.352 e. The molecule has 2 rings (SSSR count). The summed E-state index contributed by atoms with van der Waals surface area (Å²) < 4.78 is 2.61. The molecule has 1 heterocycles. The third-order valence-corrected chi connectivity index (χ3v) is 3.52. The third-order valence-electron chi connectivity index (χ3n) is 3.03. The van der Waals surface area contributed by atoms with Crippen molar-refractivity contribution in [1.29, 1.82) is 0 Å². The second-order valence-corrected chi connectivity index (χ2v) is 5.67. The van der Waals surface area contributed by atoms with Crippen LogP contribution in [0.25, 0.3) is 0 Å². The SMILES string of the molecule is CC(N)(Cn1cccc1C(=O)O)c1cccc(Br)c1. The molecule has 0 saturated carbocycles. The summed E-state index contributed by atoms with van der Waals surface area (Å²) in [6.07, 6.45) is 1.73. The first-order chi connectivity index (χ1) is 8.90. The van der Waals surface area contributed by atoms with E-state index in [1.165, 1.54) is 0 Å². The van der Waals surface area contributed by atoms with Gasteiger partial charge in [-0.25, -0.2) is 4.79 Å². The van der Waals surface area contributed by atoms with Gasteiger partial charge >= 0.3 is 5.97 Å². The highest BCUT2D eigenvalue weighted by molar-refractivity contribution is 9.10. The van der Waals surface area contributed by atoms with Gasteiger partial charge in [-0.15, -0.1) is 0 Å². The minimum Gasteiger partial charge on any atom is -0.477 e. The highest BCUT2D eigenvalue weighted by Crippen LogP contribution is 2.24. The fourth-order valence-corrected chi connectivity index (χ4v) is 2.43. The molecule has 100 valence electrons. The Morgan fingerprint density at radius 3 is 2.79 bits per heavy atom. The molecule has 0 spiro atoms. The molecule has 0 saturated heterocycles. The van der Waals surface area contributed by atoms with Crippen molar-refractivity contribution in [2.24, 2.45) is 5.73 Å². The van der Waals surface area contributed by atoms with E-state index in [-0.39, 0.29) is 5.69 Å². The lowest BCUT2D eigenvalue weighted by Crippen LogP contribution is -2.38. The molecule has 0 fully saturated rings. The maximum atomic E-state index is 11.1. The van der Waals surface area contributed by atoms with Crippen molar-refractivity contribution in [1.82, 2.24) is 4.57 Å². The van der Waals surface area contributed by atoms with E-state index in [9.17, 15) is 4.79 Å². The van der Waals surface area contributed by atoms with Crippen molar-refractivity contribution >= 4 is 21.9 Å². The van der Waals surface area contributed by atoms with E-state index in [0.29, 0.717) is 6.54 Å². The molecule has 1 aromatic heterocycles. The molecule has 2 aromatic rings. The third kappa shape index (κ3) is 3.05. The number of nitrogens with two attached hydrogens (primary N) is 1. The summed E-state index contributed by atoms with van der Waals surface area (Å²) in [4.78, 5) is 11.1. The first-order valence-electron chi connectivity index (χ1n) is 5.83. The number of benzene rings is 1. The van der Waals surface area contributed by atoms with Gasteiger partial charge in [0.1, 0.15) is 5.69 Å². The van der Waals surface area contributed by atoms with Gasteiger partial charge in [0.25, 0.3) is 0 Å². The van der Waals surface area contributed by atoms with Crippen LogP contribution in [0, 0.1) is 0 Å². The second kappa shape index (κ2) is 5.19. The van der Waals surface area contributed by atoms with Crippen LogP contribution >= 0.6 is 15.9 Å². The molecule has 0 bridgehead atoms.